The summed E-state index contributed by atoms with van der Waals surface area (Å²) in [4.78, 5) is 12.2. The summed E-state index contributed by atoms with van der Waals surface area (Å²) in [5.74, 6) is 0.103. The maximum atomic E-state index is 13.9. The van der Waals surface area contributed by atoms with Crippen molar-refractivity contribution in [3.63, 3.8) is 0 Å². The lowest BCUT2D eigenvalue weighted by Crippen LogP contribution is -2.40. The number of carbonyl (C=O) groups excluding carboxylic acids is 1. The number of rotatable bonds is 4. The van der Waals surface area contributed by atoms with Crippen molar-refractivity contribution in [1.29, 1.82) is 0 Å². The summed E-state index contributed by atoms with van der Waals surface area (Å²) < 4.78 is 13.9. The monoisotopic (exact) mass is 314 g/mol. The first-order valence-electron chi connectivity index (χ1n) is 7.26. The highest BCUT2D eigenvalue weighted by molar-refractivity contribution is 5.85. The predicted molar refractivity (Wildman–Crippen MR) is 85.1 cm³/mol. The Morgan fingerprint density at radius 3 is 2.86 bits per heavy atom. The number of hydrogen-bond acceptors (Lipinski definition) is 2. The lowest BCUT2D eigenvalue weighted by molar-refractivity contribution is -0.125. The van der Waals surface area contributed by atoms with Crippen LogP contribution >= 0.6 is 12.4 Å². The smallest absolute Gasteiger partial charge is 0.224 e. The van der Waals surface area contributed by atoms with Crippen LogP contribution < -0.4 is 10.6 Å². The Balaban J connectivity index is 0.00000220. The first kappa shape index (κ1) is 17.9. The fourth-order valence-electron chi connectivity index (χ4n) is 2.89. The lowest BCUT2D eigenvalue weighted by Gasteiger charge is -2.33. The van der Waals surface area contributed by atoms with Gasteiger partial charge in [0.1, 0.15) is 5.82 Å². The van der Waals surface area contributed by atoms with Gasteiger partial charge in [-0.15, -0.1) is 12.4 Å². The summed E-state index contributed by atoms with van der Waals surface area (Å²) in [6, 6.07) is 5.07. The lowest BCUT2D eigenvalue weighted by atomic mass is 9.80. The zero-order chi connectivity index (χ0) is 14.7. The van der Waals surface area contributed by atoms with Gasteiger partial charge in [0.15, 0.2) is 0 Å². The molecule has 1 amide bonds. The first-order valence-corrected chi connectivity index (χ1v) is 7.26. The molecule has 0 saturated heterocycles. The number of benzene rings is 1. The van der Waals surface area contributed by atoms with Gasteiger partial charge in [-0.2, -0.15) is 0 Å². The molecule has 3 nitrogen and oxygen atoms in total. The van der Waals surface area contributed by atoms with Crippen LogP contribution in [0, 0.1) is 17.7 Å². The molecule has 1 aliphatic carbocycles. The van der Waals surface area contributed by atoms with Gasteiger partial charge in [0.25, 0.3) is 0 Å². The highest BCUT2D eigenvalue weighted by atomic mass is 35.5. The van der Waals surface area contributed by atoms with Crippen molar-refractivity contribution in [2.45, 2.75) is 32.7 Å². The normalized spacial score (nSPS) is 21.9. The first-order chi connectivity index (χ1) is 9.54. The van der Waals surface area contributed by atoms with Crippen molar-refractivity contribution in [1.82, 2.24) is 10.6 Å². The van der Waals surface area contributed by atoms with E-state index in [0.717, 1.165) is 24.0 Å². The molecule has 3 unspecified atom stereocenters. The van der Waals surface area contributed by atoms with Crippen LogP contribution in [0.1, 0.15) is 37.4 Å². The summed E-state index contributed by atoms with van der Waals surface area (Å²) in [6.45, 7) is 4.65. The van der Waals surface area contributed by atoms with Crippen molar-refractivity contribution in [2.24, 2.45) is 11.8 Å². The molecular weight excluding hydrogens is 291 g/mol. The van der Waals surface area contributed by atoms with Gasteiger partial charge < -0.3 is 10.6 Å². The third kappa shape index (κ3) is 3.95. The van der Waals surface area contributed by atoms with Gasteiger partial charge in [-0.05, 0) is 43.0 Å². The number of fused-ring (bicyclic) bond motifs is 1. The molecule has 0 saturated carbocycles. The van der Waals surface area contributed by atoms with Crippen LogP contribution in [0.15, 0.2) is 18.2 Å². The molecule has 1 aliphatic rings. The van der Waals surface area contributed by atoms with Gasteiger partial charge in [0, 0.05) is 12.5 Å². The van der Waals surface area contributed by atoms with Crippen LogP contribution in [-0.4, -0.2) is 19.5 Å². The number of halogens is 2. The van der Waals surface area contributed by atoms with E-state index >= 15 is 0 Å². The van der Waals surface area contributed by atoms with E-state index in [4.69, 9.17) is 0 Å². The minimum Gasteiger partial charge on any atom is -0.349 e. The van der Waals surface area contributed by atoms with Crippen molar-refractivity contribution in [3.8, 4) is 0 Å². The van der Waals surface area contributed by atoms with Gasteiger partial charge in [-0.25, -0.2) is 4.39 Å². The fraction of sp³-hybridized carbons (Fsp3) is 0.562. The average Bonchev–Trinajstić information content (AvgIpc) is 2.42. The van der Waals surface area contributed by atoms with Crippen LogP contribution in [0.5, 0.6) is 0 Å². The minimum atomic E-state index is -0.156. The Hall–Kier alpha value is -1.13. The molecule has 2 rings (SSSR count). The summed E-state index contributed by atoms with van der Waals surface area (Å²) >= 11 is 0. The SMILES string of the molecule is CNCC(C)C(=O)NC1c2cccc(F)c2CCC1C.Cl. The van der Waals surface area contributed by atoms with Crippen LogP contribution in [0.25, 0.3) is 0 Å². The summed E-state index contributed by atoms with van der Waals surface area (Å²) in [5.41, 5.74) is 1.70. The Kier molecular flexibility index (Phi) is 6.62. The average molecular weight is 315 g/mol. The molecule has 2 N–H and O–H groups in total. The van der Waals surface area contributed by atoms with Crippen LogP contribution in [0.2, 0.25) is 0 Å². The fourth-order valence-corrected chi connectivity index (χ4v) is 2.89. The topological polar surface area (TPSA) is 41.1 Å². The van der Waals surface area contributed by atoms with E-state index < -0.39 is 0 Å². The summed E-state index contributed by atoms with van der Waals surface area (Å²) in [5, 5.41) is 6.10. The van der Waals surface area contributed by atoms with Crippen LogP contribution in [0.4, 0.5) is 4.39 Å². The third-order valence-electron chi connectivity index (χ3n) is 4.16. The molecule has 3 atom stereocenters. The van der Waals surface area contributed by atoms with Gasteiger partial charge >= 0.3 is 0 Å². The van der Waals surface area contributed by atoms with Crippen molar-refractivity contribution < 1.29 is 9.18 Å². The van der Waals surface area contributed by atoms with E-state index in [1.165, 1.54) is 6.07 Å². The molecule has 0 aliphatic heterocycles. The second-order valence-corrected chi connectivity index (χ2v) is 5.77. The van der Waals surface area contributed by atoms with E-state index in [-0.39, 0.29) is 36.1 Å². The molecule has 5 heteroatoms. The second-order valence-electron chi connectivity index (χ2n) is 5.77. The van der Waals surface area contributed by atoms with E-state index in [1.807, 2.05) is 20.0 Å². The van der Waals surface area contributed by atoms with Gasteiger partial charge in [-0.1, -0.05) is 26.0 Å². The Morgan fingerprint density at radius 2 is 2.19 bits per heavy atom. The number of amides is 1. The minimum absolute atomic E-state index is 0. The van der Waals surface area contributed by atoms with E-state index in [1.54, 1.807) is 6.07 Å². The van der Waals surface area contributed by atoms with E-state index in [2.05, 4.69) is 17.6 Å². The van der Waals surface area contributed by atoms with Gasteiger partial charge in [0.2, 0.25) is 5.91 Å². The Bertz CT molecular complexity index is 495. The van der Waals surface area contributed by atoms with E-state index in [9.17, 15) is 9.18 Å². The van der Waals surface area contributed by atoms with Gasteiger partial charge in [-0.3, -0.25) is 4.79 Å². The number of nitrogens with one attached hydrogen (secondary N) is 2. The summed E-state index contributed by atoms with van der Waals surface area (Å²) in [6.07, 6.45) is 1.65. The van der Waals surface area contributed by atoms with Crippen LogP contribution in [0.3, 0.4) is 0 Å². The molecular formula is C16H24ClFN2O. The zero-order valence-electron chi connectivity index (χ0n) is 12.8. The van der Waals surface area contributed by atoms with Crippen molar-refractivity contribution >= 4 is 18.3 Å². The summed E-state index contributed by atoms with van der Waals surface area (Å²) in [7, 11) is 1.83. The standard InChI is InChI=1S/C16H23FN2O.ClH/c1-10-7-8-12-13(5-4-6-14(12)17)15(10)19-16(20)11(2)9-18-3;/h4-6,10-11,15,18H,7-9H2,1-3H3,(H,19,20);1H. The third-order valence-corrected chi connectivity index (χ3v) is 4.16. The largest absolute Gasteiger partial charge is 0.349 e. The second kappa shape index (κ2) is 7.76. The molecule has 1 aromatic rings. The number of carbonyl (C=O) groups is 1. The highest BCUT2D eigenvalue weighted by Gasteiger charge is 2.30. The molecule has 0 radical (unpaired) electrons. The maximum Gasteiger partial charge on any atom is 0.224 e. The van der Waals surface area contributed by atoms with Crippen molar-refractivity contribution in [3.05, 3.63) is 35.1 Å². The highest BCUT2D eigenvalue weighted by Crippen LogP contribution is 2.35. The Morgan fingerprint density at radius 1 is 1.48 bits per heavy atom. The zero-order valence-corrected chi connectivity index (χ0v) is 13.6. The van der Waals surface area contributed by atoms with E-state index in [0.29, 0.717) is 12.5 Å². The predicted octanol–water partition coefficient (Wildman–Crippen LogP) is 2.84. The maximum absolute atomic E-state index is 13.9. The van der Waals surface area contributed by atoms with Crippen LogP contribution in [-0.2, 0) is 11.2 Å². The quantitative estimate of drug-likeness (QED) is 0.897. The number of hydrogen-bond donors (Lipinski definition) is 2. The van der Waals surface area contributed by atoms with Gasteiger partial charge in [0.05, 0.1) is 6.04 Å². The molecule has 0 bridgehead atoms. The molecule has 0 heterocycles. The molecule has 0 aromatic heterocycles. The molecule has 0 fully saturated rings. The Labute approximate surface area is 132 Å². The molecule has 1 aromatic carbocycles. The van der Waals surface area contributed by atoms with Crippen molar-refractivity contribution in [2.75, 3.05) is 13.6 Å². The molecule has 21 heavy (non-hydrogen) atoms. The molecule has 0 spiro atoms. The molecule has 118 valence electrons.